The summed E-state index contributed by atoms with van der Waals surface area (Å²) in [4.78, 5) is 24.1. The van der Waals surface area contributed by atoms with Crippen LogP contribution in [0.5, 0.6) is 0 Å². The van der Waals surface area contributed by atoms with Crippen LogP contribution in [0.2, 0.25) is 0 Å². The molecule has 0 spiro atoms. The van der Waals surface area contributed by atoms with Crippen molar-refractivity contribution in [3.63, 3.8) is 0 Å². The molecule has 0 aliphatic carbocycles. The van der Waals surface area contributed by atoms with E-state index in [-0.39, 0.29) is 22.6 Å². The average Bonchev–Trinajstić information content (AvgIpc) is 3.11. The summed E-state index contributed by atoms with van der Waals surface area (Å²) in [6, 6.07) is 9.64. The summed E-state index contributed by atoms with van der Waals surface area (Å²) >= 11 is 0. The highest BCUT2D eigenvalue weighted by Crippen LogP contribution is 2.34. The van der Waals surface area contributed by atoms with Crippen molar-refractivity contribution in [2.24, 2.45) is 0 Å². The van der Waals surface area contributed by atoms with Crippen molar-refractivity contribution in [1.29, 1.82) is 0 Å². The summed E-state index contributed by atoms with van der Waals surface area (Å²) in [6.07, 6.45) is -3.64. The third-order valence-corrected chi connectivity index (χ3v) is 4.36. The van der Waals surface area contributed by atoms with Gasteiger partial charge in [0.2, 0.25) is 5.76 Å². The molecule has 1 amide bonds. The summed E-state index contributed by atoms with van der Waals surface area (Å²) < 4.78 is 49.9. The molecule has 8 heteroatoms. The predicted octanol–water partition coefficient (Wildman–Crippen LogP) is 5.44. The fraction of sp³-hybridized carbons (Fsp3) is 0.238. The van der Waals surface area contributed by atoms with E-state index in [4.69, 9.17) is 4.42 Å². The van der Waals surface area contributed by atoms with Gasteiger partial charge in [-0.25, -0.2) is 4.79 Å². The number of benzene rings is 2. The molecule has 0 aliphatic heterocycles. The third kappa shape index (κ3) is 4.42. The molecule has 29 heavy (non-hydrogen) atoms. The number of methoxy groups -OCH3 is 1. The van der Waals surface area contributed by atoms with Gasteiger partial charge in [0.25, 0.3) is 5.91 Å². The van der Waals surface area contributed by atoms with Crippen LogP contribution < -0.4 is 5.32 Å². The van der Waals surface area contributed by atoms with E-state index in [9.17, 15) is 22.8 Å². The number of aryl methyl sites for hydroxylation is 1. The smallest absolute Gasteiger partial charge is 0.416 e. The Morgan fingerprint density at radius 1 is 1.10 bits per heavy atom. The molecule has 2 aromatic carbocycles. The summed E-state index contributed by atoms with van der Waals surface area (Å²) in [6.45, 7) is 1.80. The predicted molar refractivity (Wildman–Crippen MR) is 101 cm³/mol. The molecular formula is C21H18F3NO4. The van der Waals surface area contributed by atoms with Gasteiger partial charge < -0.3 is 14.5 Å². The molecule has 0 unspecified atom stereocenters. The van der Waals surface area contributed by atoms with Gasteiger partial charge >= 0.3 is 12.1 Å². The van der Waals surface area contributed by atoms with E-state index in [2.05, 4.69) is 10.1 Å². The van der Waals surface area contributed by atoms with Crippen LogP contribution in [0.25, 0.3) is 11.0 Å². The first kappa shape index (κ1) is 20.4. The van der Waals surface area contributed by atoms with Crippen molar-refractivity contribution < 1.29 is 31.9 Å². The second-order valence-corrected chi connectivity index (χ2v) is 6.43. The number of rotatable bonds is 5. The fourth-order valence-electron chi connectivity index (χ4n) is 2.99. The monoisotopic (exact) mass is 405 g/mol. The van der Waals surface area contributed by atoms with Crippen LogP contribution in [-0.2, 0) is 17.3 Å². The zero-order valence-electron chi connectivity index (χ0n) is 15.7. The Kier molecular flexibility index (Phi) is 5.63. The molecule has 0 bridgehead atoms. The van der Waals surface area contributed by atoms with Crippen LogP contribution in [0.4, 0.5) is 18.9 Å². The molecule has 152 valence electrons. The zero-order chi connectivity index (χ0) is 21.2. The Morgan fingerprint density at radius 3 is 2.52 bits per heavy atom. The number of fused-ring (bicyclic) bond motifs is 1. The molecule has 0 fully saturated rings. The normalized spacial score (nSPS) is 11.5. The molecule has 1 heterocycles. The van der Waals surface area contributed by atoms with Crippen molar-refractivity contribution in [2.75, 3.05) is 12.4 Å². The third-order valence-electron chi connectivity index (χ3n) is 4.36. The number of esters is 1. The van der Waals surface area contributed by atoms with Crippen LogP contribution in [0.1, 0.15) is 45.4 Å². The quantitative estimate of drug-likeness (QED) is 0.574. The minimum absolute atomic E-state index is 0.0126. The van der Waals surface area contributed by atoms with E-state index in [0.29, 0.717) is 23.8 Å². The maximum absolute atomic E-state index is 13.3. The van der Waals surface area contributed by atoms with Gasteiger partial charge in [-0.15, -0.1) is 0 Å². The largest absolute Gasteiger partial charge is 0.463 e. The Bertz CT molecular complexity index is 1070. The first-order valence-electron chi connectivity index (χ1n) is 8.86. The van der Waals surface area contributed by atoms with E-state index in [1.54, 1.807) is 6.92 Å². The highest BCUT2D eigenvalue weighted by Gasteiger charge is 2.33. The van der Waals surface area contributed by atoms with Crippen LogP contribution in [0.3, 0.4) is 0 Å². The first-order chi connectivity index (χ1) is 13.7. The molecule has 3 aromatic rings. The summed E-state index contributed by atoms with van der Waals surface area (Å²) in [7, 11) is 1.22. The Labute approximate surface area is 164 Å². The molecule has 0 saturated heterocycles. The van der Waals surface area contributed by atoms with Gasteiger partial charge in [0.15, 0.2) is 0 Å². The summed E-state index contributed by atoms with van der Waals surface area (Å²) in [5.74, 6) is -1.25. The second kappa shape index (κ2) is 7.98. The summed E-state index contributed by atoms with van der Waals surface area (Å²) in [5.41, 5.74) is 0.0640. The molecule has 0 aliphatic rings. The van der Waals surface area contributed by atoms with E-state index >= 15 is 0 Å². The van der Waals surface area contributed by atoms with Crippen LogP contribution in [0, 0.1) is 0 Å². The van der Waals surface area contributed by atoms with Crippen LogP contribution in [0.15, 0.2) is 46.9 Å². The maximum atomic E-state index is 13.3. The molecular weight excluding hydrogens is 387 g/mol. The van der Waals surface area contributed by atoms with Gasteiger partial charge in [-0.2, -0.15) is 13.2 Å². The zero-order valence-corrected chi connectivity index (χ0v) is 15.7. The Balaban J connectivity index is 1.87. The number of ether oxygens (including phenoxy) is 1. The van der Waals surface area contributed by atoms with Crippen molar-refractivity contribution >= 4 is 28.5 Å². The molecule has 0 saturated carbocycles. The lowest BCUT2D eigenvalue weighted by Gasteiger charge is -2.14. The number of nitrogens with one attached hydrogen (secondary N) is 1. The standard InChI is InChI=1S/C21H18F3NO4/c1-3-4-12-5-7-15(11-16(12)21(22,23)24)25-19(26)13-6-8-17-14(9-13)10-18(29-17)20(27)28-2/h5-11H,3-4H2,1-2H3,(H,25,26). The van der Waals surface area contributed by atoms with Crippen molar-refractivity contribution in [2.45, 2.75) is 25.9 Å². The van der Waals surface area contributed by atoms with E-state index < -0.39 is 23.6 Å². The fourth-order valence-corrected chi connectivity index (χ4v) is 2.99. The highest BCUT2D eigenvalue weighted by molar-refractivity contribution is 6.06. The number of furan rings is 1. The SMILES string of the molecule is CCCc1ccc(NC(=O)c2ccc3oc(C(=O)OC)cc3c2)cc1C(F)(F)F. The van der Waals surface area contributed by atoms with Gasteiger partial charge in [0.1, 0.15) is 5.58 Å². The molecule has 3 rings (SSSR count). The van der Waals surface area contributed by atoms with E-state index in [1.165, 1.54) is 43.5 Å². The van der Waals surface area contributed by atoms with Crippen LogP contribution in [-0.4, -0.2) is 19.0 Å². The van der Waals surface area contributed by atoms with Crippen molar-refractivity contribution in [3.05, 3.63) is 64.9 Å². The minimum Gasteiger partial charge on any atom is -0.463 e. The topological polar surface area (TPSA) is 68.5 Å². The maximum Gasteiger partial charge on any atom is 0.416 e. The molecule has 5 nitrogen and oxygen atoms in total. The first-order valence-corrected chi connectivity index (χ1v) is 8.86. The highest BCUT2D eigenvalue weighted by atomic mass is 19.4. The number of hydrogen-bond acceptors (Lipinski definition) is 4. The summed E-state index contributed by atoms with van der Waals surface area (Å²) in [5, 5.41) is 2.98. The Morgan fingerprint density at radius 2 is 1.86 bits per heavy atom. The number of carbonyl (C=O) groups is 2. The molecule has 0 radical (unpaired) electrons. The number of amides is 1. The number of carbonyl (C=O) groups excluding carboxylic acids is 2. The van der Waals surface area contributed by atoms with E-state index in [0.717, 1.165) is 6.07 Å². The van der Waals surface area contributed by atoms with Gasteiger partial charge in [-0.05, 0) is 48.4 Å². The van der Waals surface area contributed by atoms with Crippen LogP contribution >= 0.6 is 0 Å². The number of hydrogen-bond donors (Lipinski definition) is 1. The van der Waals surface area contributed by atoms with E-state index in [1.807, 2.05) is 0 Å². The lowest BCUT2D eigenvalue weighted by molar-refractivity contribution is -0.138. The van der Waals surface area contributed by atoms with Crippen molar-refractivity contribution in [1.82, 2.24) is 0 Å². The molecule has 1 aromatic heterocycles. The number of alkyl halides is 3. The molecule has 0 atom stereocenters. The molecule has 1 N–H and O–H groups in total. The minimum atomic E-state index is -4.51. The van der Waals surface area contributed by atoms with Crippen molar-refractivity contribution in [3.8, 4) is 0 Å². The Hall–Kier alpha value is -3.29. The number of halogens is 3. The van der Waals surface area contributed by atoms with Gasteiger partial charge in [-0.1, -0.05) is 19.4 Å². The lowest BCUT2D eigenvalue weighted by atomic mass is 10.0. The van der Waals surface area contributed by atoms with Gasteiger partial charge in [0, 0.05) is 16.6 Å². The second-order valence-electron chi connectivity index (χ2n) is 6.43. The lowest BCUT2D eigenvalue weighted by Crippen LogP contribution is -2.14. The van der Waals surface area contributed by atoms with Gasteiger partial charge in [-0.3, -0.25) is 4.79 Å². The van der Waals surface area contributed by atoms with Gasteiger partial charge in [0.05, 0.1) is 12.7 Å². The number of anilines is 1. The average molecular weight is 405 g/mol.